The zero-order valence-electron chi connectivity index (χ0n) is 18.8. The van der Waals surface area contributed by atoms with Crippen molar-refractivity contribution in [3.63, 3.8) is 0 Å². The summed E-state index contributed by atoms with van der Waals surface area (Å²) < 4.78 is 66.1. The van der Waals surface area contributed by atoms with E-state index in [-0.39, 0.29) is 17.6 Å². The first-order chi connectivity index (χ1) is 17.0. The van der Waals surface area contributed by atoms with E-state index >= 15 is 0 Å². The van der Waals surface area contributed by atoms with Crippen LogP contribution in [0.15, 0.2) is 40.8 Å². The highest BCUT2D eigenvalue weighted by molar-refractivity contribution is 6.42. The average molecular weight is 542 g/mol. The second-order valence-corrected chi connectivity index (χ2v) is 8.57. The molecule has 2 heterocycles. The molecule has 2 aromatic carbocycles. The van der Waals surface area contributed by atoms with E-state index in [1.807, 2.05) is 6.07 Å². The van der Waals surface area contributed by atoms with Crippen LogP contribution in [0.3, 0.4) is 0 Å². The Balaban J connectivity index is 1.45. The van der Waals surface area contributed by atoms with Crippen LogP contribution in [0, 0.1) is 37.1 Å². The molecule has 0 aliphatic heterocycles. The molecule has 6 nitrogen and oxygen atoms in total. The summed E-state index contributed by atoms with van der Waals surface area (Å²) in [6.07, 6.45) is 0. The second kappa shape index (κ2) is 10.2. The van der Waals surface area contributed by atoms with Gasteiger partial charge in [0.1, 0.15) is 12.4 Å². The van der Waals surface area contributed by atoms with E-state index in [1.165, 1.54) is 12.1 Å². The lowest BCUT2D eigenvalue weighted by Gasteiger charge is -2.08. The number of aryl methyl sites for hydroxylation is 1. The average Bonchev–Trinajstić information content (AvgIpc) is 3.41. The number of nitrogens with one attached hydrogen (secondary N) is 1. The number of carbonyl (C=O) groups is 1. The number of carbonyl (C=O) groups excluding carboxylic acids is 1. The van der Waals surface area contributed by atoms with Crippen molar-refractivity contribution in [2.75, 3.05) is 5.32 Å². The molecule has 2 aromatic heterocycles. The lowest BCUT2D eigenvalue weighted by atomic mass is 10.2. The fraction of sp³-hybridized carbons (Fsp3) is 0.167. The van der Waals surface area contributed by atoms with Gasteiger partial charge in [0.25, 0.3) is 5.91 Å². The van der Waals surface area contributed by atoms with E-state index in [4.69, 9.17) is 32.4 Å². The molecule has 0 atom stereocenters. The van der Waals surface area contributed by atoms with Gasteiger partial charge < -0.3 is 14.5 Å². The summed E-state index contributed by atoms with van der Waals surface area (Å²) in [5.41, 5.74) is 2.54. The molecule has 0 saturated heterocycles. The maximum Gasteiger partial charge on any atom is 0.291 e. The molecule has 0 unspecified atom stereocenters. The number of ether oxygens (including phenoxy) is 1. The van der Waals surface area contributed by atoms with Gasteiger partial charge in [-0.1, -0.05) is 29.3 Å². The summed E-state index contributed by atoms with van der Waals surface area (Å²) in [7, 11) is 0. The van der Waals surface area contributed by atoms with Crippen LogP contribution in [0.5, 0.6) is 5.75 Å². The van der Waals surface area contributed by atoms with Crippen LogP contribution in [-0.4, -0.2) is 15.7 Å². The quantitative estimate of drug-likeness (QED) is 0.205. The molecule has 0 bridgehead atoms. The molecule has 0 spiro atoms. The van der Waals surface area contributed by atoms with Crippen molar-refractivity contribution in [3.05, 3.63) is 98.2 Å². The van der Waals surface area contributed by atoms with Crippen molar-refractivity contribution >= 4 is 34.8 Å². The zero-order valence-corrected chi connectivity index (χ0v) is 20.3. The number of rotatable bonds is 7. The maximum atomic E-state index is 13.8. The Morgan fingerprint density at radius 2 is 1.72 bits per heavy atom. The molecule has 1 amide bonds. The Bertz CT molecular complexity index is 1440. The standard InChI is InChI=1S/C24H17Cl2F4N3O3/c1-11-22(12(2)33(32-11)9-13-3-5-15(25)16(26)7-13)31-24(34)19-6-4-14(36-19)10-35-23-20(29)17(27)8-18(28)21(23)30/h3-8H,9-10H2,1-2H3,(H,31,34). The molecular weight excluding hydrogens is 525 g/mol. The van der Waals surface area contributed by atoms with Crippen molar-refractivity contribution in [1.29, 1.82) is 0 Å². The van der Waals surface area contributed by atoms with Gasteiger partial charge >= 0.3 is 0 Å². The SMILES string of the molecule is Cc1nn(Cc2ccc(Cl)c(Cl)c2)c(C)c1NC(=O)c1ccc(COc2c(F)c(F)cc(F)c2F)o1. The summed E-state index contributed by atoms with van der Waals surface area (Å²) in [5.74, 6) is -8.54. The number of aromatic nitrogens is 2. The van der Waals surface area contributed by atoms with Crippen molar-refractivity contribution in [2.24, 2.45) is 0 Å². The molecule has 4 rings (SSSR count). The van der Waals surface area contributed by atoms with Crippen molar-refractivity contribution in [2.45, 2.75) is 27.0 Å². The molecule has 36 heavy (non-hydrogen) atoms. The Labute approximate surface area is 212 Å². The van der Waals surface area contributed by atoms with Gasteiger partial charge in [-0.25, -0.2) is 8.78 Å². The van der Waals surface area contributed by atoms with Crippen LogP contribution in [0.2, 0.25) is 10.0 Å². The summed E-state index contributed by atoms with van der Waals surface area (Å²) in [6.45, 7) is 3.30. The van der Waals surface area contributed by atoms with Crippen LogP contribution in [0.4, 0.5) is 23.2 Å². The molecule has 12 heteroatoms. The van der Waals surface area contributed by atoms with E-state index in [2.05, 4.69) is 10.4 Å². The van der Waals surface area contributed by atoms with Gasteiger partial charge in [0.2, 0.25) is 11.6 Å². The molecule has 0 fully saturated rings. The van der Waals surface area contributed by atoms with Gasteiger partial charge in [0, 0.05) is 6.07 Å². The molecular formula is C24H17Cl2F4N3O3. The number of halogens is 6. The van der Waals surface area contributed by atoms with Crippen LogP contribution in [-0.2, 0) is 13.2 Å². The minimum Gasteiger partial charge on any atom is -0.479 e. The number of anilines is 1. The van der Waals surface area contributed by atoms with E-state index in [1.54, 1.807) is 30.7 Å². The van der Waals surface area contributed by atoms with Gasteiger partial charge in [-0.3, -0.25) is 9.48 Å². The number of hydrogen-bond donors (Lipinski definition) is 1. The summed E-state index contributed by atoms with van der Waals surface area (Å²) in [4.78, 5) is 12.7. The fourth-order valence-electron chi connectivity index (χ4n) is 3.42. The van der Waals surface area contributed by atoms with Crippen LogP contribution < -0.4 is 10.1 Å². The minimum atomic E-state index is -1.68. The van der Waals surface area contributed by atoms with Gasteiger partial charge in [-0.05, 0) is 43.7 Å². The first-order valence-electron chi connectivity index (χ1n) is 10.4. The van der Waals surface area contributed by atoms with Gasteiger partial charge in [-0.2, -0.15) is 13.9 Å². The number of amides is 1. The lowest BCUT2D eigenvalue weighted by Crippen LogP contribution is -2.12. The third kappa shape index (κ3) is 5.19. The normalized spacial score (nSPS) is 11.1. The molecule has 4 aromatic rings. The van der Waals surface area contributed by atoms with Crippen LogP contribution >= 0.6 is 23.2 Å². The van der Waals surface area contributed by atoms with E-state index in [0.717, 1.165) is 5.56 Å². The largest absolute Gasteiger partial charge is 0.479 e. The summed E-state index contributed by atoms with van der Waals surface area (Å²) in [6, 6.07) is 7.93. The summed E-state index contributed by atoms with van der Waals surface area (Å²) in [5, 5.41) is 8.01. The zero-order chi connectivity index (χ0) is 26.1. The highest BCUT2D eigenvalue weighted by Gasteiger charge is 2.22. The number of hydrogen-bond acceptors (Lipinski definition) is 4. The smallest absolute Gasteiger partial charge is 0.291 e. The Hall–Kier alpha value is -3.50. The first kappa shape index (κ1) is 25.6. The maximum absolute atomic E-state index is 13.8. The molecule has 188 valence electrons. The van der Waals surface area contributed by atoms with E-state index in [9.17, 15) is 22.4 Å². The van der Waals surface area contributed by atoms with Crippen molar-refractivity contribution in [3.8, 4) is 5.75 Å². The third-order valence-corrected chi connectivity index (χ3v) is 5.99. The van der Waals surface area contributed by atoms with E-state index in [0.29, 0.717) is 33.7 Å². The van der Waals surface area contributed by atoms with Gasteiger partial charge in [0.15, 0.2) is 23.1 Å². The molecule has 0 aliphatic rings. The lowest BCUT2D eigenvalue weighted by molar-refractivity contribution is 0.0992. The molecule has 0 saturated carbocycles. The van der Waals surface area contributed by atoms with Gasteiger partial charge in [-0.15, -0.1) is 0 Å². The van der Waals surface area contributed by atoms with Crippen molar-refractivity contribution < 1.29 is 31.5 Å². The first-order valence-corrected chi connectivity index (χ1v) is 11.1. The number of benzene rings is 2. The molecule has 0 aliphatic carbocycles. The second-order valence-electron chi connectivity index (χ2n) is 7.76. The van der Waals surface area contributed by atoms with Crippen molar-refractivity contribution in [1.82, 2.24) is 9.78 Å². The monoisotopic (exact) mass is 541 g/mol. The molecule has 0 radical (unpaired) electrons. The highest BCUT2D eigenvalue weighted by atomic mass is 35.5. The predicted molar refractivity (Wildman–Crippen MR) is 125 cm³/mol. The molecule has 1 N–H and O–H groups in total. The van der Waals surface area contributed by atoms with Crippen LogP contribution in [0.25, 0.3) is 0 Å². The number of nitrogens with zero attached hydrogens (tertiary/aromatic N) is 2. The Morgan fingerprint density at radius 1 is 1.03 bits per heavy atom. The minimum absolute atomic E-state index is 0.00706. The van der Waals surface area contributed by atoms with Gasteiger partial charge in [0.05, 0.1) is 33.7 Å². The Kier molecular flexibility index (Phi) is 7.28. The topological polar surface area (TPSA) is 69.3 Å². The van der Waals surface area contributed by atoms with E-state index < -0.39 is 41.5 Å². The number of furan rings is 1. The Morgan fingerprint density at radius 3 is 2.39 bits per heavy atom. The predicted octanol–water partition coefficient (Wildman–Crippen LogP) is 6.84. The summed E-state index contributed by atoms with van der Waals surface area (Å²) >= 11 is 12.0. The highest BCUT2D eigenvalue weighted by Crippen LogP contribution is 2.28. The fourth-order valence-corrected chi connectivity index (χ4v) is 3.74. The third-order valence-electron chi connectivity index (χ3n) is 5.25. The van der Waals surface area contributed by atoms with Crippen LogP contribution in [0.1, 0.15) is 33.3 Å².